The summed E-state index contributed by atoms with van der Waals surface area (Å²) in [6.45, 7) is 1.73. The predicted molar refractivity (Wildman–Crippen MR) is 88.2 cm³/mol. The van der Waals surface area contributed by atoms with Gasteiger partial charge in [-0.25, -0.2) is 4.79 Å². The number of methoxy groups -OCH3 is 1. The van der Waals surface area contributed by atoms with Crippen LogP contribution in [0.2, 0.25) is 0 Å². The first-order valence-corrected chi connectivity index (χ1v) is 8.18. The molecule has 1 atom stereocenters. The number of hydrogen-bond acceptors (Lipinski definition) is 4. The van der Waals surface area contributed by atoms with Crippen molar-refractivity contribution in [1.82, 2.24) is 15.1 Å². The van der Waals surface area contributed by atoms with Crippen molar-refractivity contribution in [2.75, 3.05) is 33.8 Å². The zero-order chi connectivity index (χ0) is 17.1. The molecule has 2 heterocycles. The van der Waals surface area contributed by atoms with Crippen molar-refractivity contribution in [3.63, 3.8) is 0 Å². The van der Waals surface area contributed by atoms with E-state index in [0.717, 1.165) is 24.3 Å². The number of ether oxygens (including phenoxy) is 2. The van der Waals surface area contributed by atoms with Crippen molar-refractivity contribution in [3.8, 4) is 11.5 Å². The molecule has 0 unspecified atom stereocenters. The largest absolute Gasteiger partial charge is 0.497 e. The first kappa shape index (κ1) is 16.4. The standard InChI is InChI=1S/C17H23N3O4/c1-19-11-15(18-17(19)22)16(21)20-9-7-14(8-10-20)24-13-5-3-12(23-2)4-6-13/h3-6,14-15H,7-11H2,1-2H3,(H,18,22)/t15-/m0/s1. The monoisotopic (exact) mass is 333 g/mol. The van der Waals surface area contributed by atoms with E-state index in [1.54, 1.807) is 14.2 Å². The molecule has 3 amide bonds. The molecule has 0 aromatic heterocycles. The highest BCUT2D eigenvalue weighted by molar-refractivity contribution is 5.90. The van der Waals surface area contributed by atoms with Crippen LogP contribution in [0.25, 0.3) is 0 Å². The van der Waals surface area contributed by atoms with Gasteiger partial charge in [0, 0.05) is 33.0 Å². The Morgan fingerprint density at radius 1 is 1.17 bits per heavy atom. The molecule has 2 aliphatic heterocycles. The Bertz CT molecular complexity index is 596. The summed E-state index contributed by atoms with van der Waals surface area (Å²) in [7, 11) is 3.32. The van der Waals surface area contributed by atoms with Crippen LogP contribution in [0.4, 0.5) is 4.79 Å². The first-order valence-electron chi connectivity index (χ1n) is 8.18. The Kier molecular flexibility index (Phi) is 4.78. The van der Waals surface area contributed by atoms with Gasteiger partial charge in [-0.3, -0.25) is 4.79 Å². The van der Waals surface area contributed by atoms with Gasteiger partial charge in [0.25, 0.3) is 0 Å². The maximum absolute atomic E-state index is 12.5. The van der Waals surface area contributed by atoms with Crippen molar-refractivity contribution in [2.45, 2.75) is 25.0 Å². The lowest BCUT2D eigenvalue weighted by Gasteiger charge is -2.33. The second-order valence-electron chi connectivity index (χ2n) is 6.20. The van der Waals surface area contributed by atoms with Gasteiger partial charge in [0.2, 0.25) is 5.91 Å². The number of urea groups is 1. The molecule has 24 heavy (non-hydrogen) atoms. The van der Waals surface area contributed by atoms with Crippen LogP contribution < -0.4 is 14.8 Å². The summed E-state index contributed by atoms with van der Waals surface area (Å²) in [5.74, 6) is 1.60. The number of carbonyl (C=O) groups excluding carboxylic acids is 2. The third-order valence-corrected chi connectivity index (χ3v) is 4.51. The highest BCUT2D eigenvalue weighted by Crippen LogP contribution is 2.22. The minimum atomic E-state index is -0.429. The minimum absolute atomic E-state index is 0.00408. The Labute approximate surface area is 141 Å². The van der Waals surface area contributed by atoms with Gasteiger partial charge in [-0.2, -0.15) is 0 Å². The van der Waals surface area contributed by atoms with Crippen LogP contribution >= 0.6 is 0 Å². The predicted octanol–water partition coefficient (Wildman–Crippen LogP) is 1.09. The zero-order valence-electron chi connectivity index (χ0n) is 14.0. The van der Waals surface area contributed by atoms with Crippen LogP contribution in [0.3, 0.4) is 0 Å². The van der Waals surface area contributed by atoms with E-state index in [1.165, 1.54) is 4.90 Å². The van der Waals surface area contributed by atoms with Crippen molar-refractivity contribution < 1.29 is 19.1 Å². The molecule has 2 aliphatic rings. The topological polar surface area (TPSA) is 71.1 Å². The SMILES string of the molecule is COc1ccc(OC2CCN(C(=O)[C@@H]3CN(C)C(=O)N3)CC2)cc1. The molecule has 0 spiro atoms. The van der Waals surface area contributed by atoms with E-state index in [2.05, 4.69) is 5.32 Å². The lowest BCUT2D eigenvalue weighted by Crippen LogP contribution is -2.49. The molecule has 7 nitrogen and oxygen atoms in total. The summed E-state index contributed by atoms with van der Waals surface area (Å²) in [6, 6.07) is 6.90. The maximum Gasteiger partial charge on any atom is 0.317 e. The second-order valence-corrected chi connectivity index (χ2v) is 6.20. The number of carbonyl (C=O) groups is 2. The molecular formula is C17H23N3O4. The Morgan fingerprint density at radius 2 is 1.79 bits per heavy atom. The quantitative estimate of drug-likeness (QED) is 0.895. The summed E-state index contributed by atoms with van der Waals surface area (Å²) in [6.07, 6.45) is 1.67. The van der Waals surface area contributed by atoms with Crippen LogP contribution in [0.5, 0.6) is 11.5 Å². The summed E-state index contributed by atoms with van der Waals surface area (Å²) >= 11 is 0. The average molecular weight is 333 g/mol. The fourth-order valence-corrected chi connectivity index (χ4v) is 3.06. The van der Waals surface area contributed by atoms with Crippen LogP contribution in [-0.2, 0) is 4.79 Å². The number of benzene rings is 1. The van der Waals surface area contributed by atoms with Gasteiger partial charge in [-0.05, 0) is 24.3 Å². The first-order chi connectivity index (χ1) is 11.6. The molecule has 0 saturated carbocycles. The summed E-state index contributed by atoms with van der Waals surface area (Å²) in [5.41, 5.74) is 0. The molecule has 1 N–H and O–H groups in total. The van der Waals surface area contributed by atoms with Crippen LogP contribution in [0.1, 0.15) is 12.8 Å². The van der Waals surface area contributed by atoms with Crippen LogP contribution in [0, 0.1) is 0 Å². The van der Waals surface area contributed by atoms with E-state index in [0.29, 0.717) is 19.6 Å². The van der Waals surface area contributed by atoms with E-state index in [4.69, 9.17) is 9.47 Å². The molecule has 130 valence electrons. The fourth-order valence-electron chi connectivity index (χ4n) is 3.06. The number of rotatable bonds is 4. The van der Waals surface area contributed by atoms with Crippen LogP contribution in [-0.4, -0.2) is 67.7 Å². The van der Waals surface area contributed by atoms with E-state index in [9.17, 15) is 9.59 Å². The Morgan fingerprint density at radius 3 is 2.33 bits per heavy atom. The number of nitrogens with one attached hydrogen (secondary N) is 1. The lowest BCUT2D eigenvalue weighted by molar-refractivity contribution is -0.134. The molecular weight excluding hydrogens is 310 g/mol. The van der Waals surface area contributed by atoms with Crippen molar-refractivity contribution >= 4 is 11.9 Å². The Hall–Kier alpha value is -2.44. The van der Waals surface area contributed by atoms with Gasteiger partial charge >= 0.3 is 6.03 Å². The van der Waals surface area contributed by atoms with Crippen molar-refractivity contribution in [2.24, 2.45) is 0 Å². The van der Waals surface area contributed by atoms with Gasteiger partial charge in [0.15, 0.2) is 0 Å². The minimum Gasteiger partial charge on any atom is -0.497 e. The number of hydrogen-bond donors (Lipinski definition) is 1. The average Bonchev–Trinajstić information content (AvgIpc) is 2.95. The highest BCUT2D eigenvalue weighted by atomic mass is 16.5. The molecule has 2 saturated heterocycles. The lowest BCUT2D eigenvalue weighted by atomic mass is 10.1. The normalized spacial score (nSPS) is 21.6. The van der Waals surface area contributed by atoms with Crippen molar-refractivity contribution in [3.05, 3.63) is 24.3 Å². The number of likely N-dealkylation sites (N-methyl/N-ethyl adjacent to an activating group) is 1. The third-order valence-electron chi connectivity index (χ3n) is 4.51. The number of piperidine rings is 1. The van der Waals surface area contributed by atoms with E-state index < -0.39 is 6.04 Å². The van der Waals surface area contributed by atoms with Crippen molar-refractivity contribution in [1.29, 1.82) is 0 Å². The second kappa shape index (κ2) is 6.98. The number of amides is 3. The number of likely N-dealkylation sites (tertiary alicyclic amines) is 1. The molecule has 3 rings (SSSR count). The molecule has 0 bridgehead atoms. The molecule has 2 fully saturated rings. The molecule has 1 aromatic carbocycles. The maximum atomic E-state index is 12.5. The van der Waals surface area contributed by atoms with Gasteiger partial charge in [0.05, 0.1) is 13.7 Å². The highest BCUT2D eigenvalue weighted by Gasteiger charge is 2.35. The smallest absolute Gasteiger partial charge is 0.317 e. The van der Waals surface area contributed by atoms with Gasteiger partial charge < -0.3 is 24.6 Å². The van der Waals surface area contributed by atoms with Gasteiger partial charge in [-0.15, -0.1) is 0 Å². The van der Waals surface area contributed by atoms with E-state index in [1.807, 2.05) is 29.2 Å². The third kappa shape index (κ3) is 3.55. The number of nitrogens with zero attached hydrogens (tertiary/aromatic N) is 2. The molecule has 1 aromatic rings. The Balaban J connectivity index is 1.48. The zero-order valence-corrected chi connectivity index (χ0v) is 14.0. The summed E-state index contributed by atoms with van der Waals surface area (Å²) in [5, 5.41) is 2.72. The van der Waals surface area contributed by atoms with Gasteiger partial charge in [-0.1, -0.05) is 0 Å². The summed E-state index contributed by atoms with van der Waals surface area (Å²) < 4.78 is 11.1. The molecule has 7 heteroatoms. The van der Waals surface area contributed by atoms with E-state index >= 15 is 0 Å². The fraction of sp³-hybridized carbons (Fsp3) is 0.529. The molecule has 0 radical (unpaired) electrons. The van der Waals surface area contributed by atoms with Crippen LogP contribution in [0.15, 0.2) is 24.3 Å². The molecule has 0 aliphatic carbocycles. The summed E-state index contributed by atoms with van der Waals surface area (Å²) in [4.78, 5) is 27.3. The van der Waals surface area contributed by atoms with Gasteiger partial charge in [0.1, 0.15) is 23.6 Å². The van der Waals surface area contributed by atoms with E-state index in [-0.39, 0.29) is 18.0 Å².